The van der Waals surface area contributed by atoms with Crippen molar-refractivity contribution in [2.75, 3.05) is 0 Å². The van der Waals surface area contributed by atoms with Gasteiger partial charge in [0.25, 0.3) is 0 Å². The van der Waals surface area contributed by atoms with E-state index >= 15 is 0 Å². The van der Waals surface area contributed by atoms with Crippen LogP contribution in [0.2, 0.25) is 0 Å². The summed E-state index contributed by atoms with van der Waals surface area (Å²) in [5.41, 5.74) is 3.19. The van der Waals surface area contributed by atoms with Gasteiger partial charge in [-0.25, -0.2) is 5.84 Å². The quantitative estimate of drug-likeness (QED) is 0.331. The largest absolute Gasteiger partial charge is 0.297 e. The number of hydrogen-bond acceptors (Lipinski definition) is 2. The average Bonchev–Trinajstić information content (AvgIpc) is 2.19. The van der Waals surface area contributed by atoms with Gasteiger partial charge in [-0.15, -0.1) is 0 Å². The summed E-state index contributed by atoms with van der Waals surface area (Å²) in [5.74, 6) is 5.18. The lowest BCUT2D eigenvalue weighted by molar-refractivity contribution is -0.109. The fraction of sp³-hybridized carbons (Fsp3) is 0.364. The van der Waals surface area contributed by atoms with E-state index in [-0.39, 0.29) is 0 Å². The number of hydrazine groups is 1. The predicted octanol–water partition coefficient (Wildman–Crippen LogP) is 1.49. The highest BCUT2D eigenvalue weighted by molar-refractivity contribution is 5.44. The molecule has 0 fully saturated rings. The second kappa shape index (κ2) is 8.26. The first-order valence-corrected chi connectivity index (χ1v) is 4.64. The SMILES string of the molecule is CC(C)Cc1ccccc1.NNC=O. The molecule has 1 amide bonds. The van der Waals surface area contributed by atoms with Gasteiger partial charge in [0.05, 0.1) is 0 Å². The summed E-state index contributed by atoms with van der Waals surface area (Å²) in [6.07, 6.45) is 1.60. The third kappa shape index (κ3) is 7.31. The van der Waals surface area contributed by atoms with Crippen LogP contribution in [0.25, 0.3) is 0 Å². The number of benzene rings is 1. The Labute approximate surface area is 85.3 Å². The number of carbonyl (C=O) groups is 1. The van der Waals surface area contributed by atoms with E-state index in [0.29, 0.717) is 6.41 Å². The molecule has 0 spiro atoms. The maximum absolute atomic E-state index is 8.94. The highest BCUT2D eigenvalue weighted by Crippen LogP contribution is 2.05. The fourth-order valence-corrected chi connectivity index (χ4v) is 1.09. The van der Waals surface area contributed by atoms with E-state index < -0.39 is 0 Å². The molecule has 0 saturated carbocycles. The van der Waals surface area contributed by atoms with Crippen molar-refractivity contribution in [2.45, 2.75) is 20.3 Å². The monoisotopic (exact) mass is 194 g/mol. The van der Waals surface area contributed by atoms with E-state index in [4.69, 9.17) is 4.79 Å². The number of nitrogens with one attached hydrogen (secondary N) is 1. The van der Waals surface area contributed by atoms with Gasteiger partial charge in [0.1, 0.15) is 0 Å². The van der Waals surface area contributed by atoms with Crippen LogP contribution in [0.15, 0.2) is 30.3 Å². The first-order chi connectivity index (χ1) is 6.70. The molecule has 1 rings (SSSR count). The Kier molecular flexibility index (Phi) is 7.46. The molecule has 0 bridgehead atoms. The summed E-state index contributed by atoms with van der Waals surface area (Å²) in [6.45, 7) is 4.49. The zero-order valence-electron chi connectivity index (χ0n) is 8.73. The van der Waals surface area contributed by atoms with Gasteiger partial charge in [-0.05, 0) is 17.9 Å². The molecular formula is C11H18N2O. The maximum Gasteiger partial charge on any atom is 0.221 e. The first kappa shape index (κ1) is 12.7. The van der Waals surface area contributed by atoms with E-state index in [0.717, 1.165) is 5.92 Å². The van der Waals surface area contributed by atoms with Crippen molar-refractivity contribution in [1.82, 2.24) is 5.43 Å². The Morgan fingerprint density at radius 2 is 1.86 bits per heavy atom. The van der Waals surface area contributed by atoms with Crippen LogP contribution in [-0.4, -0.2) is 6.41 Å². The lowest BCUT2D eigenvalue weighted by Crippen LogP contribution is -2.18. The number of carbonyl (C=O) groups excluding carboxylic acids is 1. The third-order valence-corrected chi connectivity index (χ3v) is 1.55. The van der Waals surface area contributed by atoms with E-state index in [1.54, 1.807) is 5.43 Å². The van der Waals surface area contributed by atoms with E-state index in [1.807, 2.05) is 0 Å². The fourth-order valence-electron chi connectivity index (χ4n) is 1.09. The van der Waals surface area contributed by atoms with Crippen molar-refractivity contribution in [2.24, 2.45) is 11.8 Å². The first-order valence-electron chi connectivity index (χ1n) is 4.64. The van der Waals surface area contributed by atoms with Gasteiger partial charge in [0.2, 0.25) is 6.41 Å². The predicted molar refractivity (Wildman–Crippen MR) is 58.4 cm³/mol. The minimum absolute atomic E-state index is 0.403. The van der Waals surface area contributed by atoms with Gasteiger partial charge in [0.15, 0.2) is 0 Å². The third-order valence-electron chi connectivity index (χ3n) is 1.55. The molecule has 1 aromatic rings. The Bertz CT molecular complexity index is 234. The van der Waals surface area contributed by atoms with Gasteiger partial charge in [-0.2, -0.15) is 0 Å². The van der Waals surface area contributed by atoms with Crippen molar-refractivity contribution >= 4 is 6.41 Å². The molecule has 0 saturated heterocycles. The van der Waals surface area contributed by atoms with Crippen LogP contribution in [0.4, 0.5) is 0 Å². The van der Waals surface area contributed by atoms with Crippen LogP contribution in [-0.2, 0) is 11.2 Å². The second-order valence-electron chi connectivity index (χ2n) is 3.37. The van der Waals surface area contributed by atoms with Crippen LogP contribution >= 0.6 is 0 Å². The molecule has 3 N–H and O–H groups in total. The smallest absolute Gasteiger partial charge is 0.221 e. The number of rotatable bonds is 3. The van der Waals surface area contributed by atoms with Crippen molar-refractivity contribution in [1.29, 1.82) is 0 Å². The lowest BCUT2D eigenvalue weighted by Gasteiger charge is -2.02. The topological polar surface area (TPSA) is 55.1 Å². The van der Waals surface area contributed by atoms with Gasteiger partial charge in [0, 0.05) is 0 Å². The van der Waals surface area contributed by atoms with Crippen molar-refractivity contribution in [3.05, 3.63) is 35.9 Å². The Morgan fingerprint density at radius 3 is 2.21 bits per heavy atom. The zero-order valence-corrected chi connectivity index (χ0v) is 8.73. The Morgan fingerprint density at radius 1 is 1.36 bits per heavy atom. The van der Waals surface area contributed by atoms with Crippen LogP contribution < -0.4 is 11.3 Å². The lowest BCUT2D eigenvalue weighted by atomic mass is 10.0. The molecule has 14 heavy (non-hydrogen) atoms. The van der Waals surface area contributed by atoms with Crippen molar-refractivity contribution < 1.29 is 4.79 Å². The Hall–Kier alpha value is -1.35. The number of hydrogen-bond donors (Lipinski definition) is 2. The van der Waals surface area contributed by atoms with Crippen LogP contribution in [0.1, 0.15) is 19.4 Å². The van der Waals surface area contributed by atoms with Gasteiger partial charge < -0.3 is 0 Å². The molecule has 78 valence electrons. The van der Waals surface area contributed by atoms with Gasteiger partial charge in [-0.1, -0.05) is 44.2 Å². The summed E-state index contributed by atoms with van der Waals surface area (Å²) >= 11 is 0. The molecule has 1 aromatic carbocycles. The van der Waals surface area contributed by atoms with E-state index in [9.17, 15) is 0 Å². The molecule has 3 nitrogen and oxygen atoms in total. The normalized spacial score (nSPS) is 8.86. The number of nitrogens with two attached hydrogens (primary N) is 1. The summed E-state index contributed by atoms with van der Waals surface area (Å²) in [7, 11) is 0. The maximum atomic E-state index is 8.94. The molecule has 0 unspecified atom stereocenters. The molecule has 0 heterocycles. The molecule has 0 aromatic heterocycles. The minimum Gasteiger partial charge on any atom is -0.297 e. The Balaban J connectivity index is 0.000000364. The molecule has 0 radical (unpaired) electrons. The summed E-state index contributed by atoms with van der Waals surface area (Å²) in [4.78, 5) is 8.94. The summed E-state index contributed by atoms with van der Waals surface area (Å²) in [6, 6.07) is 10.6. The summed E-state index contributed by atoms with van der Waals surface area (Å²) in [5, 5.41) is 0. The van der Waals surface area contributed by atoms with E-state index in [2.05, 4.69) is 50.0 Å². The highest BCUT2D eigenvalue weighted by Gasteiger charge is 1.94. The molecule has 0 aliphatic heterocycles. The highest BCUT2D eigenvalue weighted by atomic mass is 16.1. The van der Waals surface area contributed by atoms with Crippen LogP contribution in [0.3, 0.4) is 0 Å². The molecule has 0 atom stereocenters. The van der Waals surface area contributed by atoms with Crippen molar-refractivity contribution in [3.63, 3.8) is 0 Å². The van der Waals surface area contributed by atoms with Gasteiger partial charge >= 0.3 is 0 Å². The molecular weight excluding hydrogens is 176 g/mol. The zero-order chi connectivity index (χ0) is 10.8. The van der Waals surface area contributed by atoms with Gasteiger partial charge in [-0.3, -0.25) is 10.2 Å². The van der Waals surface area contributed by atoms with E-state index in [1.165, 1.54) is 12.0 Å². The second-order valence-corrected chi connectivity index (χ2v) is 3.37. The minimum atomic E-state index is 0.403. The van der Waals surface area contributed by atoms with Crippen molar-refractivity contribution in [3.8, 4) is 0 Å². The van der Waals surface area contributed by atoms with Crippen LogP contribution in [0.5, 0.6) is 0 Å². The molecule has 3 heteroatoms. The molecule has 0 aliphatic rings. The standard InChI is InChI=1S/C10H14.CH4N2O/c1-9(2)8-10-6-4-3-5-7-10;2-3-1-4/h3-7,9H,8H2,1-2H3;1H,2H2,(H,3,4). The van der Waals surface area contributed by atoms with Crippen LogP contribution in [0, 0.1) is 5.92 Å². The molecule has 0 aliphatic carbocycles. The summed E-state index contributed by atoms with van der Waals surface area (Å²) < 4.78 is 0. The average molecular weight is 194 g/mol. The number of amides is 1.